The van der Waals surface area contributed by atoms with Crippen molar-refractivity contribution < 1.29 is 4.79 Å². The van der Waals surface area contributed by atoms with E-state index in [9.17, 15) is 4.79 Å². The summed E-state index contributed by atoms with van der Waals surface area (Å²) in [6, 6.07) is 0. The second kappa shape index (κ2) is 8.81. The molecule has 17 heavy (non-hydrogen) atoms. The number of hydrogen-bond acceptors (Lipinski definition) is 3. The van der Waals surface area contributed by atoms with Crippen LogP contribution in [0.2, 0.25) is 0 Å². The predicted octanol–water partition coefficient (Wildman–Crippen LogP) is 1.98. The molecule has 0 bridgehead atoms. The average molecular weight is 258 g/mol. The number of unbranched alkanes of at least 4 members (excludes halogenated alkanes) is 1. The number of carbonyl (C=O) groups excluding carboxylic acids is 1. The fourth-order valence-corrected chi connectivity index (χ4v) is 3.08. The number of amides is 1. The summed E-state index contributed by atoms with van der Waals surface area (Å²) in [5, 5.41) is 3.06. The van der Waals surface area contributed by atoms with Crippen LogP contribution in [0.3, 0.4) is 0 Å². The molecule has 1 amide bonds. The summed E-state index contributed by atoms with van der Waals surface area (Å²) in [6.07, 6.45) is 4.41. The molecular weight excluding hydrogens is 232 g/mol. The maximum atomic E-state index is 11.6. The molecule has 1 heterocycles. The minimum atomic E-state index is 0.226. The largest absolute Gasteiger partial charge is 0.356 e. The van der Waals surface area contributed by atoms with Gasteiger partial charge in [0.15, 0.2) is 0 Å². The maximum absolute atomic E-state index is 11.6. The van der Waals surface area contributed by atoms with E-state index in [0.29, 0.717) is 12.3 Å². The van der Waals surface area contributed by atoms with Crippen molar-refractivity contribution in [3.8, 4) is 0 Å². The molecule has 0 aliphatic carbocycles. The standard InChI is InChI=1S/C13H26N2OS/c1-3-4-8-17-9-6-13(16)14-10-12-5-7-15(2)11-12/h12H,3-11H2,1-2H3,(H,14,16). The molecule has 0 aromatic heterocycles. The first-order chi connectivity index (χ1) is 8.22. The van der Waals surface area contributed by atoms with Crippen molar-refractivity contribution in [2.24, 2.45) is 5.92 Å². The van der Waals surface area contributed by atoms with Crippen LogP contribution in [0.1, 0.15) is 32.6 Å². The lowest BCUT2D eigenvalue weighted by atomic mass is 10.1. The SMILES string of the molecule is CCCCSCCC(=O)NCC1CCN(C)C1. The summed E-state index contributed by atoms with van der Waals surface area (Å²) < 4.78 is 0. The highest BCUT2D eigenvalue weighted by molar-refractivity contribution is 7.99. The molecule has 1 N–H and O–H groups in total. The van der Waals surface area contributed by atoms with Gasteiger partial charge in [0.1, 0.15) is 0 Å². The Morgan fingerprint density at radius 3 is 2.94 bits per heavy atom. The highest BCUT2D eigenvalue weighted by Gasteiger charge is 2.19. The molecule has 1 atom stereocenters. The molecule has 1 aliphatic rings. The monoisotopic (exact) mass is 258 g/mol. The quantitative estimate of drug-likeness (QED) is 0.676. The van der Waals surface area contributed by atoms with Crippen LogP contribution in [0.25, 0.3) is 0 Å². The maximum Gasteiger partial charge on any atom is 0.220 e. The zero-order valence-corrected chi connectivity index (χ0v) is 12.0. The van der Waals surface area contributed by atoms with Gasteiger partial charge in [-0.25, -0.2) is 0 Å². The van der Waals surface area contributed by atoms with Gasteiger partial charge in [-0.05, 0) is 38.1 Å². The Kier molecular flexibility index (Phi) is 7.69. The third-order valence-corrected chi connectivity index (χ3v) is 4.26. The Bertz CT molecular complexity index is 223. The van der Waals surface area contributed by atoms with Gasteiger partial charge < -0.3 is 10.2 Å². The summed E-state index contributed by atoms with van der Waals surface area (Å²) in [6.45, 7) is 5.37. The Hall–Kier alpha value is -0.220. The molecule has 1 rings (SSSR count). The first-order valence-electron chi connectivity index (χ1n) is 6.75. The molecule has 3 nitrogen and oxygen atoms in total. The van der Waals surface area contributed by atoms with Crippen molar-refractivity contribution in [1.29, 1.82) is 0 Å². The van der Waals surface area contributed by atoms with E-state index in [4.69, 9.17) is 0 Å². The number of carbonyl (C=O) groups is 1. The number of hydrogen-bond donors (Lipinski definition) is 1. The van der Waals surface area contributed by atoms with Gasteiger partial charge in [-0.2, -0.15) is 11.8 Å². The predicted molar refractivity (Wildman–Crippen MR) is 75.5 cm³/mol. The van der Waals surface area contributed by atoms with Crippen LogP contribution in [0.15, 0.2) is 0 Å². The number of nitrogens with one attached hydrogen (secondary N) is 1. The first-order valence-corrected chi connectivity index (χ1v) is 7.90. The van der Waals surface area contributed by atoms with E-state index < -0.39 is 0 Å². The van der Waals surface area contributed by atoms with E-state index in [-0.39, 0.29) is 5.91 Å². The molecule has 1 fully saturated rings. The number of likely N-dealkylation sites (tertiary alicyclic amines) is 1. The van der Waals surface area contributed by atoms with Crippen molar-refractivity contribution in [2.75, 3.05) is 38.2 Å². The van der Waals surface area contributed by atoms with Crippen molar-refractivity contribution in [1.82, 2.24) is 10.2 Å². The van der Waals surface area contributed by atoms with Crippen LogP contribution in [0.5, 0.6) is 0 Å². The van der Waals surface area contributed by atoms with Crippen LogP contribution in [0.4, 0.5) is 0 Å². The van der Waals surface area contributed by atoms with Gasteiger partial charge in [0.25, 0.3) is 0 Å². The Morgan fingerprint density at radius 2 is 2.29 bits per heavy atom. The smallest absolute Gasteiger partial charge is 0.220 e. The van der Waals surface area contributed by atoms with Gasteiger partial charge in [-0.3, -0.25) is 4.79 Å². The summed E-state index contributed by atoms with van der Waals surface area (Å²) in [5.41, 5.74) is 0. The molecule has 0 aromatic carbocycles. The first kappa shape index (κ1) is 14.8. The fourth-order valence-electron chi connectivity index (χ4n) is 2.05. The molecule has 0 spiro atoms. The van der Waals surface area contributed by atoms with E-state index in [1.165, 1.54) is 31.6 Å². The van der Waals surface area contributed by atoms with Gasteiger partial charge in [0.2, 0.25) is 5.91 Å². The third kappa shape index (κ3) is 6.94. The van der Waals surface area contributed by atoms with Crippen LogP contribution < -0.4 is 5.32 Å². The van der Waals surface area contributed by atoms with Crippen LogP contribution in [-0.2, 0) is 4.79 Å². The molecule has 1 aliphatic heterocycles. The molecule has 0 saturated carbocycles. The molecule has 100 valence electrons. The lowest BCUT2D eigenvalue weighted by molar-refractivity contribution is -0.120. The topological polar surface area (TPSA) is 32.3 Å². The van der Waals surface area contributed by atoms with Gasteiger partial charge in [-0.15, -0.1) is 0 Å². The van der Waals surface area contributed by atoms with Crippen molar-refractivity contribution in [3.05, 3.63) is 0 Å². The van der Waals surface area contributed by atoms with Crippen LogP contribution in [-0.4, -0.2) is 49.0 Å². The minimum absolute atomic E-state index is 0.226. The summed E-state index contributed by atoms with van der Waals surface area (Å²) in [4.78, 5) is 13.9. The van der Waals surface area contributed by atoms with Gasteiger partial charge in [-0.1, -0.05) is 13.3 Å². The summed E-state index contributed by atoms with van der Waals surface area (Å²) in [7, 11) is 2.15. The molecular formula is C13H26N2OS. The molecule has 0 aromatic rings. The van der Waals surface area contributed by atoms with E-state index in [1.807, 2.05) is 11.8 Å². The molecule has 0 radical (unpaired) electrons. The van der Waals surface area contributed by atoms with Crippen molar-refractivity contribution in [3.63, 3.8) is 0 Å². The summed E-state index contributed by atoms with van der Waals surface area (Å²) in [5.74, 6) is 3.05. The van der Waals surface area contributed by atoms with Gasteiger partial charge in [0.05, 0.1) is 0 Å². The van der Waals surface area contributed by atoms with E-state index in [0.717, 1.165) is 18.8 Å². The highest BCUT2D eigenvalue weighted by atomic mass is 32.2. The number of nitrogens with zero attached hydrogens (tertiary/aromatic N) is 1. The Morgan fingerprint density at radius 1 is 1.47 bits per heavy atom. The second-order valence-corrected chi connectivity index (χ2v) is 6.16. The normalized spacial score (nSPS) is 20.7. The molecule has 4 heteroatoms. The average Bonchev–Trinajstić information content (AvgIpc) is 2.72. The number of thioether (sulfide) groups is 1. The van der Waals surface area contributed by atoms with Crippen molar-refractivity contribution >= 4 is 17.7 Å². The summed E-state index contributed by atoms with van der Waals surface area (Å²) >= 11 is 1.90. The lowest BCUT2D eigenvalue weighted by Crippen LogP contribution is -2.30. The minimum Gasteiger partial charge on any atom is -0.356 e. The number of rotatable bonds is 8. The van der Waals surface area contributed by atoms with Gasteiger partial charge >= 0.3 is 0 Å². The molecule has 1 unspecified atom stereocenters. The van der Waals surface area contributed by atoms with Crippen LogP contribution >= 0.6 is 11.8 Å². The lowest BCUT2D eigenvalue weighted by Gasteiger charge is -2.11. The van der Waals surface area contributed by atoms with E-state index >= 15 is 0 Å². The Labute approximate surface area is 110 Å². The highest BCUT2D eigenvalue weighted by Crippen LogP contribution is 2.13. The van der Waals surface area contributed by atoms with E-state index in [1.54, 1.807) is 0 Å². The second-order valence-electron chi connectivity index (χ2n) is 4.94. The third-order valence-electron chi connectivity index (χ3n) is 3.19. The van der Waals surface area contributed by atoms with Crippen LogP contribution in [0, 0.1) is 5.92 Å². The molecule has 1 saturated heterocycles. The van der Waals surface area contributed by atoms with E-state index in [2.05, 4.69) is 24.2 Å². The zero-order chi connectivity index (χ0) is 12.5. The van der Waals surface area contributed by atoms with Crippen molar-refractivity contribution in [2.45, 2.75) is 32.6 Å². The van der Waals surface area contributed by atoms with Gasteiger partial charge in [0, 0.05) is 25.3 Å². The zero-order valence-electron chi connectivity index (χ0n) is 11.2. The Balaban J connectivity index is 1.94. The fraction of sp³-hybridized carbons (Fsp3) is 0.923.